The molecule has 1 aromatic heterocycles. The number of aromatic nitrogens is 2. The van der Waals surface area contributed by atoms with E-state index in [1.54, 1.807) is 37.3 Å². The van der Waals surface area contributed by atoms with E-state index in [-0.39, 0.29) is 11.9 Å². The summed E-state index contributed by atoms with van der Waals surface area (Å²) >= 11 is 0. The van der Waals surface area contributed by atoms with Crippen LogP contribution < -0.4 is 14.8 Å². The first-order valence-electron chi connectivity index (χ1n) is 9.28. The molecule has 0 atom stereocenters. The zero-order valence-electron chi connectivity index (χ0n) is 15.6. The fourth-order valence-corrected chi connectivity index (χ4v) is 3.32. The first kappa shape index (κ1) is 17.6. The fourth-order valence-electron chi connectivity index (χ4n) is 3.32. The minimum absolute atomic E-state index is 0.132. The number of nitrogens with zero attached hydrogens (tertiary/aromatic N) is 3. The van der Waals surface area contributed by atoms with Crippen molar-refractivity contribution in [3.63, 3.8) is 0 Å². The normalized spacial score (nSPS) is 17.6. The lowest BCUT2D eigenvalue weighted by atomic mass is 9.97. The van der Waals surface area contributed by atoms with Gasteiger partial charge in [-0.05, 0) is 25.7 Å². The Hall–Kier alpha value is -2.77. The van der Waals surface area contributed by atoms with Gasteiger partial charge in [0.15, 0.2) is 0 Å². The summed E-state index contributed by atoms with van der Waals surface area (Å²) in [6.07, 6.45) is 3.94. The van der Waals surface area contributed by atoms with Crippen molar-refractivity contribution >= 4 is 11.7 Å². The second kappa shape index (κ2) is 7.46. The summed E-state index contributed by atoms with van der Waals surface area (Å²) in [7, 11) is 3.16. The first-order chi connectivity index (χ1) is 13.2. The second-order valence-corrected chi connectivity index (χ2v) is 7.05. The fraction of sp³-hybridized carbons (Fsp3) is 0.526. The molecular formula is C19H24N4O4. The Morgan fingerprint density at radius 1 is 1.00 bits per heavy atom. The van der Waals surface area contributed by atoms with Crippen molar-refractivity contribution in [2.75, 3.05) is 32.6 Å². The number of anilines is 1. The van der Waals surface area contributed by atoms with E-state index in [2.05, 4.69) is 15.5 Å². The Bertz CT molecular complexity index is 788. The van der Waals surface area contributed by atoms with E-state index in [0.29, 0.717) is 36.2 Å². The van der Waals surface area contributed by atoms with Crippen LogP contribution in [-0.4, -0.2) is 48.4 Å². The van der Waals surface area contributed by atoms with E-state index in [4.69, 9.17) is 13.9 Å². The summed E-state index contributed by atoms with van der Waals surface area (Å²) in [5.41, 5.74) is 0.643. The van der Waals surface area contributed by atoms with Crippen LogP contribution in [0.5, 0.6) is 11.5 Å². The van der Waals surface area contributed by atoms with E-state index in [0.717, 1.165) is 37.5 Å². The minimum atomic E-state index is -0.132. The lowest BCUT2D eigenvalue weighted by Crippen LogP contribution is -2.40. The Balaban J connectivity index is 1.34. The van der Waals surface area contributed by atoms with Crippen molar-refractivity contribution in [2.45, 2.75) is 37.5 Å². The third kappa shape index (κ3) is 3.99. The molecule has 2 aliphatic rings. The van der Waals surface area contributed by atoms with Gasteiger partial charge in [0.05, 0.1) is 14.2 Å². The summed E-state index contributed by atoms with van der Waals surface area (Å²) in [6, 6.07) is 5.17. The summed E-state index contributed by atoms with van der Waals surface area (Å²) in [4.78, 5) is 14.4. The monoisotopic (exact) mass is 372 g/mol. The van der Waals surface area contributed by atoms with Crippen LogP contribution >= 0.6 is 0 Å². The largest absolute Gasteiger partial charge is 0.497 e. The number of rotatable bonds is 5. The van der Waals surface area contributed by atoms with E-state index < -0.39 is 0 Å². The van der Waals surface area contributed by atoms with Crippen LogP contribution in [0.1, 0.15) is 49.3 Å². The molecule has 1 N–H and O–H groups in total. The molecular weight excluding hydrogens is 348 g/mol. The molecule has 2 fully saturated rings. The molecule has 2 heterocycles. The van der Waals surface area contributed by atoms with Crippen molar-refractivity contribution in [3.05, 3.63) is 30.0 Å². The number of nitrogens with one attached hydrogen (secondary N) is 1. The van der Waals surface area contributed by atoms with E-state index in [1.165, 1.54) is 0 Å². The molecule has 0 spiro atoms. The van der Waals surface area contributed by atoms with Gasteiger partial charge in [-0.1, -0.05) is 0 Å². The van der Waals surface area contributed by atoms with Gasteiger partial charge in [0.2, 0.25) is 11.8 Å². The molecule has 8 heteroatoms. The van der Waals surface area contributed by atoms with Gasteiger partial charge >= 0.3 is 6.03 Å². The van der Waals surface area contributed by atoms with Gasteiger partial charge in [0, 0.05) is 48.8 Å². The van der Waals surface area contributed by atoms with Crippen LogP contribution in [0.4, 0.5) is 10.5 Å². The highest BCUT2D eigenvalue weighted by Crippen LogP contribution is 2.40. The number of likely N-dealkylation sites (tertiary alicyclic amines) is 1. The predicted octanol–water partition coefficient (Wildman–Crippen LogP) is 3.38. The van der Waals surface area contributed by atoms with Crippen molar-refractivity contribution < 1.29 is 18.7 Å². The highest BCUT2D eigenvalue weighted by atomic mass is 16.5. The smallest absolute Gasteiger partial charge is 0.321 e. The molecule has 4 rings (SSSR count). The van der Waals surface area contributed by atoms with Gasteiger partial charge in [-0.25, -0.2) is 4.79 Å². The maximum Gasteiger partial charge on any atom is 0.321 e. The number of methoxy groups -OCH3 is 2. The van der Waals surface area contributed by atoms with Crippen LogP contribution in [0.15, 0.2) is 22.6 Å². The molecule has 8 nitrogen and oxygen atoms in total. The third-order valence-corrected chi connectivity index (χ3v) is 5.12. The summed E-state index contributed by atoms with van der Waals surface area (Å²) in [6.45, 7) is 1.30. The molecule has 27 heavy (non-hydrogen) atoms. The van der Waals surface area contributed by atoms with Crippen LogP contribution in [0, 0.1) is 0 Å². The Morgan fingerprint density at radius 3 is 2.07 bits per heavy atom. The number of benzene rings is 1. The number of urea groups is 1. The van der Waals surface area contributed by atoms with Crippen LogP contribution in [0.25, 0.3) is 0 Å². The number of piperidine rings is 1. The number of amides is 2. The van der Waals surface area contributed by atoms with Gasteiger partial charge in [0.25, 0.3) is 0 Å². The number of carbonyl (C=O) groups excluding carboxylic acids is 1. The molecule has 1 saturated heterocycles. The lowest BCUT2D eigenvalue weighted by Gasteiger charge is -2.30. The maximum atomic E-state index is 12.6. The zero-order chi connectivity index (χ0) is 18.8. The molecule has 2 amide bonds. The van der Waals surface area contributed by atoms with Crippen LogP contribution in [0.2, 0.25) is 0 Å². The SMILES string of the molecule is COc1cc(NC(=O)N2CCC(c3nnc(C4CC4)o3)CC2)cc(OC)c1. The topological polar surface area (TPSA) is 89.7 Å². The van der Waals surface area contributed by atoms with Crippen molar-refractivity contribution in [2.24, 2.45) is 0 Å². The standard InChI is InChI=1S/C19H24N4O4/c1-25-15-9-14(10-16(11-15)26-2)20-19(24)23-7-5-13(6-8-23)18-22-21-17(27-18)12-3-4-12/h9-13H,3-8H2,1-2H3,(H,20,24). The molecule has 1 aliphatic heterocycles. The third-order valence-electron chi connectivity index (χ3n) is 5.12. The molecule has 1 aliphatic carbocycles. The number of ether oxygens (including phenoxy) is 2. The summed E-state index contributed by atoms with van der Waals surface area (Å²) < 4.78 is 16.3. The van der Waals surface area contributed by atoms with Gasteiger partial charge in [-0.2, -0.15) is 0 Å². The summed E-state index contributed by atoms with van der Waals surface area (Å²) in [5.74, 6) is 3.45. The molecule has 0 bridgehead atoms. The summed E-state index contributed by atoms with van der Waals surface area (Å²) in [5, 5.41) is 11.3. The van der Waals surface area contributed by atoms with E-state index >= 15 is 0 Å². The van der Waals surface area contributed by atoms with Crippen LogP contribution in [-0.2, 0) is 0 Å². The number of hydrogen-bond acceptors (Lipinski definition) is 6. The molecule has 2 aromatic rings. The average molecular weight is 372 g/mol. The Morgan fingerprint density at radius 2 is 1.56 bits per heavy atom. The Kier molecular flexibility index (Phi) is 4.87. The van der Waals surface area contributed by atoms with Gasteiger partial charge in [0.1, 0.15) is 11.5 Å². The van der Waals surface area contributed by atoms with Crippen LogP contribution in [0.3, 0.4) is 0 Å². The average Bonchev–Trinajstić information content (AvgIpc) is 3.44. The number of carbonyl (C=O) groups is 1. The molecule has 1 aromatic carbocycles. The zero-order valence-corrected chi connectivity index (χ0v) is 15.6. The lowest BCUT2D eigenvalue weighted by molar-refractivity contribution is 0.189. The minimum Gasteiger partial charge on any atom is -0.497 e. The van der Waals surface area contributed by atoms with Gasteiger partial charge in [-0.3, -0.25) is 0 Å². The van der Waals surface area contributed by atoms with Crippen molar-refractivity contribution in [1.29, 1.82) is 0 Å². The number of hydrogen-bond donors (Lipinski definition) is 1. The van der Waals surface area contributed by atoms with Gasteiger partial charge < -0.3 is 24.1 Å². The second-order valence-electron chi connectivity index (χ2n) is 7.05. The maximum absolute atomic E-state index is 12.6. The van der Waals surface area contributed by atoms with Crippen molar-refractivity contribution in [3.8, 4) is 11.5 Å². The van der Waals surface area contributed by atoms with Gasteiger partial charge in [-0.15, -0.1) is 10.2 Å². The van der Waals surface area contributed by atoms with Crippen molar-refractivity contribution in [1.82, 2.24) is 15.1 Å². The Labute approximate surface area is 157 Å². The quantitative estimate of drug-likeness (QED) is 0.865. The van der Waals surface area contributed by atoms with E-state index in [1.807, 2.05) is 0 Å². The highest BCUT2D eigenvalue weighted by molar-refractivity contribution is 5.90. The predicted molar refractivity (Wildman–Crippen MR) is 98.4 cm³/mol. The van der Waals surface area contributed by atoms with E-state index in [9.17, 15) is 4.79 Å². The molecule has 0 radical (unpaired) electrons. The molecule has 1 saturated carbocycles. The molecule has 0 unspecified atom stereocenters. The first-order valence-corrected chi connectivity index (χ1v) is 9.28. The highest BCUT2D eigenvalue weighted by Gasteiger charge is 2.32. The molecule has 144 valence electrons.